The number of ketones is 1. The van der Waals surface area contributed by atoms with Gasteiger partial charge in [-0.1, -0.05) is 24.3 Å². The monoisotopic (exact) mass is 420 g/mol. The Balaban J connectivity index is 1.59. The van der Waals surface area contributed by atoms with Crippen LogP contribution in [0.4, 0.5) is 11.4 Å². The number of fused-ring (bicyclic) bond motifs is 1. The average molecular weight is 421 g/mol. The number of carbonyl (C=O) groups excluding carboxylic acids is 2. The van der Waals surface area contributed by atoms with Crippen molar-refractivity contribution in [2.75, 3.05) is 32.1 Å². The van der Waals surface area contributed by atoms with Crippen molar-refractivity contribution in [1.82, 2.24) is 15.6 Å². The van der Waals surface area contributed by atoms with Gasteiger partial charge in [-0.05, 0) is 42.3 Å². The molecule has 0 spiro atoms. The molecule has 7 heteroatoms. The van der Waals surface area contributed by atoms with Gasteiger partial charge in [-0.15, -0.1) is 0 Å². The first-order valence-corrected chi connectivity index (χ1v) is 10.6. The second kappa shape index (κ2) is 9.66. The zero-order valence-corrected chi connectivity index (χ0v) is 17.7. The second-order valence-electron chi connectivity index (χ2n) is 7.86. The van der Waals surface area contributed by atoms with Crippen LogP contribution in [-0.4, -0.2) is 43.5 Å². The predicted octanol–water partition coefficient (Wildman–Crippen LogP) is 3.16. The molecule has 1 aromatic heterocycles. The summed E-state index contributed by atoms with van der Waals surface area (Å²) in [4.78, 5) is 28.6. The number of para-hydroxylation sites is 1. The molecule has 31 heavy (non-hydrogen) atoms. The third kappa shape index (κ3) is 4.88. The molecule has 1 atom stereocenters. The van der Waals surface area contributed by atoms with Gasteiger partial charge in [0.1, 0.15) is 0 Å². The quantitative estimate of drug-likeness (QED) is 0.526. The van der Waals surface area contributed by atoms with Gasteiger partial charge in [-0.3, -0.25) is 9.59 Å². The van der Waals surface area contributed by atoms with Crippen molar-refractivity contribution in [2.24, 2.45) is 5.92 Å². The summed E-state index contributed by atoms with van der Waals surface area (Å²) in [6.45, 7) is 1.62. The Morgan fingerprint density at radius 2 is 2.06 bits per heavy atom. The van der Waals surface area contributed by atoms with Crippen LogP contribution in [0, 0.1) is 5.92 Å². The highest BCUT2D eigenvalue weighted by Crippen LogP contribution is 2.38. The summed E-state index contributed by atoms with van der Waals surface area (Å²) in [5.41, 5.74) is 5.38. The highest BCUT2D eigenvalue weighted by atomic mass is 16.5. The fourth-order valence-corrected chi connectivity index (χ4v) is 4.07. The van der Waals surface area contributed by atoms with Crippen molar-refractivity contribution in [3.05, 3.63) is 65.6 Å². The normalized spacial score (nSPS) is 17.5. The molecule has 1 aromatic carbocycles. The SMILES string of the molecule is COCCC(=O)NCC1CC(=O)c2c([nH]c(C3=CCNC=C3)c2Nc2ccccc2)C1. The molecule has 4 N–H and O–H groups in total. The van der Waals surface area contributed by atoms with Crippen molar-refractivity contribution in [3.63, 3.8) is 0 Å². The van der Waals surface area contributed by atoms with Crippen LogP contribution < -0.4 is 16.0 Å². The topological polar surface area (TPSA) is 95.2 Å². The van der Waals surface area contributed by atoms with Crippen LogP contribution >= 0.6 is 0 Å². The van der Waals surface area contributed by atoms with E-state index in [2.05, 4.69) is 27.0 Å². The number of H-pyrrole nitrogens is 1. The Morgan fingerprint density at radius 3 is 2.81 bits per heavy atom. The number of carbonyl (C=O) groups is 2. The summed E-state index contributed by atoms with van der Waals surface area (Å²) >= 11 is 0. The standard InChI is InChI=1S/C24H28N4O3/c1-31-12-9-21(30)26-15-16-13-19-22(20(29)14-16)24(27-18-5-3-2-4-6-18)23(28-19)17-7-10-25-11-8-17/h2-8,10,16,25,27-28H,9,11-15H2,1H3,(H,26,30). The minimum Gasteiger partial charge on any atom is -0.387 e. The lowest BCUT2D eigenvalue weighted by atomic mass is 9.86. The summed E-state index contributed by atoms with van der Waals surface area (Å²) in [5.74, 6) is 0.112. The molecule has 1 unspecified atom stereocenters. The largest absolute Gasteiger partial charge is 0.387 e. The van der Waals surface area contributed by atoms with Gasteiger partial charge in [0.15, 0.2) is 5.78 Å². The van der Waals surface area contributed by atoms with Crippen LogP contribution in [0.1, 0.15) is 34.6 Å². The first-order chi connectivity index (χ1) is 15.2. The molecule has 7 nitrogen and oxygen atoms in total. The summed E-state index contributed by atoms with van der Waals surface area (Å²) in [7, 11) is 1.57. The summed E-state index contributed by atoms with van der Waals surface area (Å²) < 4.78 is 4.95. The Kier molecular flexibility index (Phi) is 6.52. The van der Waals surface area contributed by atoms with Crippen LogP contribution in [-0.2, 0) is 16.0 Å². The zero-order chi connectivity index (χ0) is 21.6. The van der Waals surface area contributed by atoms with E-state index in [4.69, 9.17) is 4.74 Å². The number of hydrogen-bond donors (Lipinski definition) is 4. The Labute approximate surface area is 182 Å². The van der Waals surface area contributed by atoms with E-state index in [0.717, 1.165) is 40.4 Å². The fraction of sp³-hybridized carbons (Fsp3) is 0.333. The van der Waals surface area contributed by atoms with Crippen molar-refractivity contribution >= 4 is 28.6 Å². The molecule has 1 amide bonds. The number of aromatic nitrogens is 1. The molecule has 0 bridgehead atoms. The number of ether oxygens (including phenoxy) is 1. The molecule has 2 aliphatic rings. The lowest BCUT2D eigenvalue weighted by Gasteiger charge is -2.22. The fourth-order valence-electron chi connectivity index (χ4n) is 4.07. The van der Waals surface area contributed by atoms with E-state index in [1.54, 1.807) is 7.11 Å². The number of nitrogens with one attached hydrogen (secondary N) is 4. The van der Waals surface area contributed by atoms with Gasteiger partial charge >= 0.3 is 0 Å². The molecule has 2 heterocycles. The van der Waals surface area contributed by atoms with Gasteiger partial charge in [-0.25, -0.2) is 0 Å². The van der Waals surface area contributed by atoms with E-state index in [1.165, 1.54) is 0 Å². The number of amides is 1. The number of aromatic amines is 1. The average Bonchev–Trinajstić information content (AvgIpc) is 3.16. The maximum atomic E-state index is 13.2. The maximum absolute atomic E-state index is 13.2. The smallest absolute Gasteiger partial charge is 0.222 e. The molecule has 162 valence electrons. The van der Waals surface area contributed by atoms with Crippen LogP contribution in [0.3, 0.4) is 0 Å². The molecule has 4 rings (SSSR count). The minimum atomic E-state index is -0.0521. The summed E-state index contributed by atoms with van der Waals surface area (Å²) in [5, 5.41) is 9.56. The number of hydrogen-bond acceptors (Lipinski definition) is 5. The predicted molar refractivity (Wildman–Crippen MR) is 121 cm³/mol. The van der Waals surface area contributed by atoms with Gasteiger partial charge in [0.05, 0.1) is 23.6 Å². The molecular formula is C24H28N4O3. The van der Waals surface area contributed by atoms with Gasteiger partial charge in [-0.2, -0.15) is 0 Å². The Bertz CT molecular complexity index is 1010. The molecular weight excluding hydrogens is 392 g/mol. The van der Waals surface area contributed by atoms with E-state index >= 15 is 0 Å². The van der Waals surface area contributed by atoms with E-state index < -0.39 is 0 Å². The Hall–Kier alpha value is -3.32. The third-order valence-electron chi connectivity index (χ3n) is 5.60. The highest BCUT2D eigenvalue weighted by molar-refractivity contribution is 6.07. The molecule has 0 fully saturated rings. The number of rotatable bonds is 8. The van der Waals surface area contributed by atoms with Crippen LogP contribution in [0.25, 0.3) is 5.57 Å². The van der Waals surface area contributed by atoms with Crippen LogP contribution in [0.15, 0.2) is 48.7 Å². The molecule has 0 saturated carbocycles. The molecule has 0 radical (unpaired) electrons. The van der Waals surface area contributed by atoms with Crippen LogP contribution in [0.5, 0.6) is 0 Å². The van der Waals surface area contributed by atoms with Gasteiger partial charge in [0.2, 0.25) is 5.91 Å². The van der Waals surface area contributed by atoms with Crippen LogP contribution in [0.2, 0.25) is 0 Å². The van der Waals surface area contributed by atoms with Crippen molar-refractivity contribution in [1.29, 1.82) is 0 Å². The zero-order valence-electron chi connectivity index (χ0n) is 17.7. The first kappa shape index (κ1) is 20.9. The van der Waals surface area contributed by atoms with E-state index in [0.29, 0.717) is 32.4 Å². The summed E-state index contributed by atoms with van der Waals surface area (Å²) in [6.07, 6.45) is 7.48. The first-order valence-electron chi connectivity index (χ1n) is 10.6. The van der Waals surface area contributed by atoms with Crippen molar-refractivity contribution < 1.29 is 14.3 Å². The van der Waals surface area contributed by atoms with E-state index in [-0.39, 0.29) is 17.6 Å². The van der Waals surface area contributed by atoms with Gasteiger partial charge in [0, 0.05) is 44.4 Å². The number of methoxy groups -OCH3 is 1. The number of dihydropyridines is 1. The molecule has 0 saturated heterocycles. The second-order valence-corrected chi connectivity index (χ2v) is 7.86. The van der Waals surface area contributed by atoms with Crippen molar-refractivity contribution in [2.45, 2.75) is 19.3 Å². The molecule has 1 aliphatic heterocycles. The van der Waals surface area contributed by atoms with Gasteiger partial charge in [0.25, 0.3) is 0 Å². The summed E-state index contributed by atoms with van der Waals surface area (Å²) in [6, 6.07) is 9.88. The minimum absolute atomic E-state index is 0.0521. The number of Topliss-reactive ketones (excluding diaryl/α,β-unsaturated/α-hetero) is 1. The lowest BCUT2D eigenvalue weighted by Crippen LogP contribution is -2.33. The number of allylic oxidation sites excluding steroid dienone is 2. The van der Waals surface area contributed by atoms with Gasteiger partial charge < -0.3 is 25.7 Å². The van der Waals surface area contributed by atoms with E-state index in [1.807, 2.05) is 42.6 Å². The number of anilines is 2. The lowest BCUT2D eigenvalue weighted by molar-refractivity contribution is -0.122. The molecule has 1 aliphatic carbocycles. The number of benzene rings is 1. The third-order valence-corrected chi connectivity index (χ3v) is 5.60. The maximum Gasteiger partial charge on any atom is 0.222 e. The van der Waals surface area contributed by atoms with Crippen molar-refractivity contribution in [3.8, 4) is 0 Å². The van der Waals surface area contributed by atoms with E-state index in [9.17, 15) is 9.59 Å². The highest BCUT2D eigenvalue weighted by Gasteiger charge is 2.32. The Morgan fingerprint density at radius 1 is 1.23 bits per heavy atom. The molecule has 2 aromatic rings.